The van der Waals surface area contributed by atoms with Crippen LogP contribution in [0.15, 0.2) is 17.4 Å². The van der Waals surface area contributed by atoms with Crippen LogP contribution in [0.2, 0.25) is 0 Å². The summed E-state index contributed by atoms with van der Waals surface area (Å²) in [4.78, 5) is 36.4. The average Bonchev–Trinajstić information content (AvgIpc) is 3.04. The number of thioether (sulfide) groups is 1. The Labute approximate surface area is 168 Å². The van der Waals surface area contributed by atoms with E-state index in [2.05, 4.69) is 9.55 Å². The second-order valence-electron chi connectivity index (χ2n) is 8.66. The van der Waals surface area contributed by atoms with Crippen molar-refractivity contribution in [2.24, 2.45) is 0 Å². The van der Waals surface area contributed by atoms with Gasteiger partial charge in [0.05, 0.1) is 12.1 Å². The molecule has 28 heavy (non-hydrogen) atoms. The maximum atomic E-state index is 13.2. The molecule has 1 aliphatic heterocycles. The third-order valence-corrected chi connectivity index (χ3v) is 6.05. The normalized spacial score (nSPS) is 19.1. The van der Waals surface area contributed by atoms with Crippen LogP contribution in [0.3, 0.4) is 0 Å². The summed E-state index contributed by atoms with van der Waals surface area (Å²) in [6.45, 7) is 5.76. The molecule has 0 radical (unpaired) electrons. The number of ether oxygens (including phenoxy) is 1. The van der Waals surface area contributed by atoms with Gasteiger partial charge in [0.1, 0.15) is 16.9 Å². The topological polar surface area (TPSA) is 77.3 Å². The molecule has 2 amide bonds. The second-order valence-corrected chi connectivity index (χ2v) is 9.43. The van der Waals surface area contributed by atoms with Gasteiger partial charge >= 0.3 is 6.09 Å². The first-order valence-corrected chi connectivity index (χ1v) is 10.9. The molecule has 2 aromatic heterocycles. The molecule has 3 heterocycles. The van der Waals surface area contributed by atoms with Crippen molar-refractivity contribution in [1.29, 1.82) is 0 Å². The molecule has 1 spiro atoms. The first-order chi connectivity index (χ1) is 13.2. The van der Waals surface area contributed by atoms with E-state index in [9.17, 15) is 9.59 Å². The minimum atomic E-state index is -0.653. The molecule has 0 N–H and O–H groups in total. The molecule has 0 bridgehead atoms. The summed E-state index contributed by atoms with van der Waals surface area (Å²) in [6, 6.07) is 1.81. The number of amides is 2. The minimum Gasteiger partial charge on any atom is -0.443 e. The quantitative estimate of drug-likeness (QED) is 0.525. The number of imide groups is 1. The Morgan fingerprint density at radius 1 is 1.25 bits per heavy atom. The molecular weight excluding hydrogens is 376 g/mol. The number of nitrogens with zero attached hydrogens (tertiary/aromatic N) is 4. The Hall–Kier alpha value is -2.09. The fraction of sp³-hybridized carbons (Fsp3) is 0.600. The van der Waals surface area contributed by atoms with Gasteiger partial charge in [-0.25, -0.2) is 19.7 Å². The Morgan fingerprint density at radius 3 is 2.61 bits per heavy atom. The highest BCUT2D eigenvalue weighted by atomic mass is 32.2. The van der Waals surface area contributed by atoms with E-state index < -0.39 is 11.7 Å². The molecule has 150 valence electrons. The van der Waals surface area contributed by atoms with E-state index in [4.69, 9.17) is 9.72 Å². The number of aromatic nitrogens is 3. The predicted octanol–water partition coefficient (Wildman–Crippen LogP) is 4.20. The van der Waals surface area contributed by atoms with E-state index in [1.165, 1.54) is 23.1 Å². The highest BCUT2D eigenvalue weighted by Gasteiger charge is 2.47. The summed E-state index contributed by atoms with van der Waals surface area (Å²) >= 11 is 1.48. The van der Waals surface area contributed by atoms with Crippen LogP contribution in [0.4, 0.5) is 4.79 Å². The van der Waals surface area contributed by atoms with Crippen LogP contribution in [-0.2, 0) is 10.3 Å². The van der Waals surface area contributed by atoms with E-state index >= 15 is 0 Å². The monoisotopic (exact) mass is 402 g/mol. The largest absolute Gasteiger partial charge is 0.443 e. The van der Waals surface area contributed by atoms with Crippen molar-refractivity contribution in [3.8, 4) is 0 Å². The molecular formula is C20H26N4O3S. The molecule has 1 aliphatic carbocycles. The highest BCUT2D eigenvalue weighted by molar-refractivity contribution is 7.98. The van der Waals surface area contributed by atoms with Gasteiger partial charge in [-0.2, -0.15) is 0 Å². The van der Waals surface area contributed by atoms with Gasteiger partial charge in [0.25, 0.3) is 5.91 Å². The zero-order chi connectivity index (χ0) is 20.1. The van der Waals surface area contributed by atoms with Gasteiger partial charge in [0.15, 0.2) is 5.16 Å². The molecule has 2 aromatic rings. The number of fused-ring (bicyclic) bond motifs is 4. The number of hydrogen-bond donors (Lipinski definition) is 0. The van der Waals surface area contributed by atoms with E-state index in [1.54, 1.807) is 6.20 Å². The van der Waals surface area contributed by atoms with Gasteiger partial charge in [0, 0.05) is 11.6 Å². The van der Waals surface area contributed by atoms with Crippen LogP contribution < -0.4 is 0 Å². The number of carbonyl (C=O) groups is 2. The van der Waals surface area contributed by atoms with Crippen LogP contribution in [-0.4, -0.2) is 49.8 Å². The van der Waals surface area contributed by atoms with Crippen molar-refractivity contribution in [2.75, 3.05) is 12.8 Å². The van der Waals surface area contributed by atoms with E-state index in [0.717, 1.165) is 36.7 Å². The maximum absolute atomic E-state index is 13.2. The van der Waals surface area contributed by atoms with Gasteiger partial charge in [0.2, 0.25) is 0 Å². The summed E-state index contributed by atoms with van der Waals surface area (Å²) in [6.07, 6.45) is 8.25. The van der Waals surface area contributed by atoms with Crippen LogP contribution in [0, 0.1) is 0 Å². The zero-order valence-electron chi connectivity index (χ0n) is 16.8. The lowest BCUT2D eigenvalue weighted by molar-refractivity contribution is 0.00754. The summed E-state index contributed by atoms with van der Waals surface area (Å²) in [7, 11) is 0. The molecule has 1 fully saturated rings. The van der Waals surface area contributed by atoms with Gasteiger partial charge in [-0.1, -0.05) is 31.0 Å². The lowest BCUT2D eigenvalue weighted by atomic mass is 9.79. The first kappa shape index (κ1) is 19.2. The van der Waals surface area contributed by atoms with E-state index in [-0.39, 0.29) is 11.4 Å². The maximum Gasteiger partial charge on any atom is 0.417 e. The van der Waals surface area contributed by atoms with Crippen molar-refractivity contribution in [2.45, 2.75) is 69.2 Å². The Balaban J connectivity index is 1.86. The lowest BCUT2D eigenvalue weighted by Gasteiger charge is -2.46. The fourth-order valence-corrected chi connectivity index (χ4v) is 4.68. The molecule has 0 aromatic carbocycles. The molecule has 1 saturated carbocycles. The van der Waals surface area contributed by atoms with Gasteiger partial charge in [-0.3, -0.25) is 4.79 Å². The smallest absolute Gasteiger partial charge is 0.417 e. The third kappa shape index (κ3) is 3.17. The molecule has 4 rings (SSSR count). The minimum absolute atomic E-state index is 0.325. The lowest BCUT2D eigenvalue weighted by Crippen LogP contribution is -2.56. The standard InChI is InChI=1S/C20H26N4O3S/c1-19(2,3)27-18(26)23-12-20(8-6-5-7-9-20)24-14(16(23)25)10-13-11-21-17(28-4)22-15(13)24/h10-11H,5-9,12H2,1-4H3. The zero-order valence-corrected chi connectivity index (χ0v) is 17.6. The first-order valence-electron chi connectivity index (χ1n) is 9.72. The highest BCUT2D eigenvalue weighted by Crippen LogP contribution is 2.42. The summed E-state index contributed by atoms with van der Waals surface area (Å²) in [5.74, 6) is -0.325. The van der Waals surface area contributed by atoms with Crippen molar-refractivity contribution in [3.63, 3.8) is 0 Å². The fourth-order valence-electron chi connectivity index (χ4n) is 4.34. The molecule has 0 atom stereocenters. The van der Waals surface area contributed by atoms with Crippen LogP contribution in [0.25, 0.3) is 11.0 Å². The van der Waals surface area contributed by atoms with Crippen molar-refractivity contribution in [3.05, 3.63) is 18.0 Å². The number of hydrogen-bond acceptors (Lipinski definition) is 6. The van der Waals surface area contributed by atoms with Crippen molar-refractivity contribution >= 4 is 34.8 Å². The summed E-state index contributed by atoms with van der Waals surface area (Å²) in [5.41, 5.74) is 0.305. The Kier molecular flexibility index (Phi) is 4.64. The molecule has 7 nitrogen and oxygen atoms in total. The predicted molar refractivity (Wildman–Crippen MR) is 108 cm³/mol. The van der Waals surface area contributed by atoms with Gasteiger partial charge < -0.3 is 9.30 Å². The summed E-state index contributed by atoms with van der Waals surface area (Å²) in [5, 5.41) is 1.51. The Morgan fingerprint density at radius 2 is 1.96 bits per heavy atom. The van der Waals surface area contributed by atoms with Crippen LogP contribution in [0.5, 0.6) is 0 Å². The molecule has 0 unspecified atom stereocenters. The Bertz CT molecular complexity index is 941. The van der Waals surface area contributed by atoms with Crippen molar-refractivity contribution in [1.82, 2.24) is 19.4 Å². The van der Waals surface area contributed by atoms with E-state index in [0.29, 0.717) is 17.4 Å². The van der Waals surface area contributed by atoms with Gasteiger partial charge in [-0.15, -0.1) is 0 Å². The SMILES string of the molecule is CSc1ncc2cc3n(c2n1)C1(CCCCC1)CN(C(=O)OC(C)(C)C)C3=O. The van der Waals surface area contributed by atoms with E-state index in [1.807, 2.05) is 33.1 Å². The van der Waals surface area contributed by atoms with Crippen LogP contribution >= 0.6 is 11.8 Å². The molecule has 0 saturated heterocycles. The van der Waals surface area contributed by atoms with Crippen LogP contribution in [0.1, 0.15) is 63.4 Å². The third-order valence-electron chi connectivity index (χ3n) is 5.49. The number of carbonyl (C=O) groups excluding carboxylic acids is 2. The molecule has 8 heteroatoms. The van der Waals surface area contributed by atoms with Gasteiger partial charge in [-0.05, 0) is 45.9 Å². The van der Waals surface area contributed by atoms with Crippen molar-refractivity contribution < 1.29 is 14.3 Å². The summed E-state index contributed by atoms with van der Waals surface area (Å²) < 4.78 is 7.62. The second kappa shape index (κ2) is 6.76. The number of rotatable bonds is 1. The average molecular weight is 403 g/mol. The molecule has 2 aliphatic rings.